The Morgan fingerprint density at radius 1 is 0.897 bits per heavy atom. The van der Waals surface area contributed by atoms with Crippen LogP contribution < -0.4 is 9.57 Å². The molecule has 0 aliphatic heterocycles. The predicted molar refractivity (Wildman–Crippen MR) is 117 cm³/mol. The van der Waals surface area contributed by atoms with Gasteiger partial charge in [0.25, 0.3) is 10.0 Å². The maximum Gasteiger partial charge on any atom is 0.276 e. The first-order chi connectivity index (χ1) is 14.1. The van der Waals surface area contributed by atoms with Crippen molar-refractivity contribution in [3.05, 3.63) is 84.4 Å². The summed E-state index contributed by atoms with van der Waals surface area (Å²) in [5.74, 6) is 0.622. The van der Waals surface area contributed by atoms with E-state index in [-0.39, 0.29) is 4.90 Å². The number of ether oxygens (including phenoxy) is 1. The summed E-state index contributed by atoms with van der Waals surface area (Å²) in [4.78, 5) is 2.43. The first-order valence-electron chi connectivity index (χ1n) is 9.27. The second-order valence-electron chi connectivity index (χ2n) is 6.49. The van der Waals surface area contributed by atoms with Crippen molar-refractivity contribution < 1.29 is 13.2 Å². The maximum atomic E-state index is 12.6. The van der Waals surface area contributed by atoms with Gasteiger partial charge < -0.3 is 4.74 Å². The van der Waals surface area contributed by atoms with Gasteiger partial charge in [0.05, 0.1) is 17.7 Å². The van der Waals surface area contributed by atoms with Crippen LogP contribution in [0.1, 0.15) is 12.5 Å². The fraction of sp³-hybridized carbons (Fsp3) is 0.0870. The van der Waals surface area contributed by atoms with Gasteiger partial charge in [0.2, 0.25) is 0 Å². The molecule has 0 atom stereocenters. The summed E-state index contributed by atoms with van der Waals surface area (Å²) in [6.07, 6.45) is 1.57. The van der Waals surface area contributed by atoms with Crippen LogP contribution in [0.3, 0.4) is 0 Å². The van der Waals surface area contributed by atoms with Crippen LogP contribution in [0.25, 0.3) is 21.5 Å². The molecule has 4 aromatic rings. The van der Waals surface area contributed by atoms with E-state index in [0.29, 0.717) is 12.4 Å². The van der Waals surface area contributed by atoms with Crippen LogP contribution in [0.4, 0.5) is 0 Å². The molecule has 0 aliphatic carbocycles. The Labute approximate surface area is 169 Å². The van der Waals surface area contributed by atoms with Crippen molar-refractivity contribution in [2.24, 2.45) is 5.10 Å². The number of hydrogen-bond acceptors (Lipinski definition) is 4. The Kier molecular flexibility index (Phi) is 5.18. The summed E-state index contributed by atoms with van der Waals surface area (Å²) in [5.41, 5.74) is 0.869. The van der Waals surface area contributed by atoms with Gasteiger partial charge in [0, 0.05) is 5.56 Å². The van der Waals surface area contributed by atoms with Crippen molar-refractivity contribution in [2.45, 2.75) is 11.8 Å². The molecule has 0 amide bonds. The van der Waals surface area contributed by atoms with Gasteiger partial charge >= 0.3 is 0 Å². The minimum Gasteiger partial charge on any atom is -0.494 e. The number of sulfonamides is 1. The minimum absolute atomic E-state index is 0.126. The van der Waals surface area contributed by atoms with Crippen LogP contribution in [-0.4, -0.2) is 21.2 Å². The molecule has 4 rings (SSSR count). The summed E-state index contributed by atoms with van der Waals surface area (Å²) in [6, 6.07) is 24.3. The average molecular weight is 404 g/mol. The molecule has 0 radical (unpaired) electrons. The molecule has 0 saturated carbocycles. The third-order valence-electron chi connectivity index (χ3n) is 4.62. The zero-order valence-corrected chi connectivity index (χ0v) is 16.7. The van der Waals surface area contributed by atoms with Crippen LogP contribution in [0.2, 0.25) is 0 Å². The highest BCUT2D eigenvalue weighted by atomic mass is 32.2. The van der Waals surface area contributed by atoms with Crippen molar-refractivity contribution in [3.8, 4) is 5.75 Å². The molecule has 0 aromatic heterocycles. The van der Waals surface area contributed by atoms with Crippen molar-refractivity contribution >= 4 is 37.8 Å². The fourth-order valence-corrected chi connectivity index (χ4v) is 4.07. The van der Waals surface area contributed by atoms with Crippen LogP contribution in [0.15, 0.2) is 88.9 Å². The lowest BCUT2D eigenvalue weighted by atomic mass is 9.97. The molecule has 146 valence electrons. The Bertz CT molecular complexity index is 1240. The van der Waals surface area contributed by atoms with Gasteiger partial charge in [-0.1, -0.05) is 48.5 Å². The number of nitrogens with one attached hydrogen (secondary N) is 1. The molecule has 0 unspecified atom stereocenters. The van der Waals surface area contributed by atoms with Crippen LogP contribution in [0, 0.1) is 0 Å². The molecule has 6 heteroatoms. The summed E-state index contributed by atoms with van der Waals surface area (Å²) < 4.78 is 30.5. The second-order valence-corrected chi connectivity index (χ2v) is 8.15. The van der Waals surface area contributed by atoms with E-state index in [2.05, 4.69) is 16.0 Å². The highest BCUT2D eigenvalue weighted by Gasteiger charge is 2.13. The predicted octanol–water partition coefficient (Wildman–Crippen LogP) is 4.70. The van der Waals surface area contributed by atoms with Crippen molar-refractivity contribution in [1.82, 2.24) is 4.83 Å². The van der Waals surface area contributed by atoms with Gasteiger partial charge in [0.1, 0.15) is 5.75 Å². The zero-order chi connectivity index (χ0) is 20.3. The largest absolute Gasteiger partial charge is 0.494 e. The molecule has 0 fully saturated rings. The monoisotopic (exact) mass is 404 g/mol. The quantitative estimate of drug-likeness (QED) is 0.288. The van der Waals surface area contributed by atoms with Gasteiger partial charge in [0.15, 0.2) is 0 Å². The Morgan fingerprint density at radius 3 is 2.07 bits per heavy atom. The SMILES string of the molecule is CCOc1ccc(S(=O)(=O)NN=Cc2c3ccccc3cc3ccccc23)cc1. The molecule has 0 spiro atoms. The normalized spacial score (nSPS) is 11.9. The second kappa shape index (κ2) is 7.93. The number of hydrazone groups is 1. The maximum absolute atomic E-state index is 12.6. The van der Waals surface area contributed by atoms with Crippen molar-refractivity contribution in [2.75, 3.05) is 6.61 Å². The van der Waals surface area contributed by atoms with Gasteiger partial charge in [-0.05, 0) is 58.8 Å². The van der Waals surface area contributed by atoms with E-state index in [1.807, 2.05) is 55.5 Å². The zero-order valence-electron chi connectivity index (χ0n) is 15.9. The summed E-state index contributed by atoms with van der Waals surface area (Å²) in [6.45, 7) is 2.39. The number of benzene rings is 4. The standard InChI is InChI=1S/C23H20N2O3S/c1-2-28-19-11-13-20(14-12-19)29(26,27)25-24-16-23-21-9-5-3-7-17(21)15-18-8-4-6-10-22(18)23/h3-16,25H,2H2,1H3. The fourth-order valence-electron chi connectivity index (χ4n) is 3.28. The van der Waals surface area contributed by atoms with Crippen LogP contribution >= 0.6 is 0 Å². The van der Waals surface area contributed by atoms with E-state index in [0.717, 1.165) is 27.1 Å². The number of fused-ring (bicyclic) bond motifs is 2. The molecule has 0 aliphatic rings. The third kappa shape index (κ3) is 3.93. The third-order valence-corrected chi connectivity index (χ3v) is 5.86. The van der Waals surface area contributed by atoms with Crippen LogP contribution in [0.5, 0.6) is 5.75 Å². The summed E-state index contributed by atoms with van der Waals surface area (Å²) in [7, 11) is -3.77. The van der Waals surface area contributed by atoms with E-state index >= 15 is 0 Å². The Hall–Kier alpha value is -3.38. The smallest absolute Gasteiger partial charge is 0.276 e. The Balaban J connectivity index is 1.67. The van der Waals surface area contributed by atoms with E-state index in [9.17, 15) is 8.42 Å². The Morgan fingerprint density at radius 2 is 1.48 bits per heavy atom. The number of nitrogens with zero attached hydrogens (tertiary/aromatic N) is 1. The lowest BCUT2D eigenvalue weighted by Gasteiger charge is -2.08. The molecule has 0 heterocycles. The molecular formula is C23H20N2O3S. The van der Waals surface area contributed by atoms with E-state index < -0.39 is 10.0 Å². The summed E-state index contributed by atoms with van der Waals surface area (Å²) >= 11 is 0. The first-order valence-corrected chi connectivity index (χ1v) is 10.7. The first kappa shape index (κ1) is 19.0. The highest BCUT2D eigenvalue weighted by molar-refractivity contribution is 7.89. The van der Waals surface area contributed by atoms with Gasteiger partial charge in [-0.15, -0.1) is 0 Å². The van der Waals surface area contributed by atoms with Crippen LogP contribution in [-0.2, 0) is 10.0 Å². The summed E-state index contributed by atoms with van der Waals surface area (Å²) in [5, 5.41) is 8.22. The number of hydrogen-bond donors (Lipinski definition) is 1. The number of rotatable bonds is 6. The molecular weight excluding hydrogens is 384 g/mol. The molecule has 0 bridgehead atoms. The minimum atomic E-state index is -3.77. The molecule has 5 nitrogen and oxygen atoms in total. The van der Waals surface area contributed by atoms with E-state index in [4.69, 9.17) is 4.74 Å². The van der Waals surface area contributed by atoms with E-state index in [1.165, 1.54) is 12.1 Å². The molecule has 29 heavy (non-hydrogen) atoms. The van der Waals surface area contributed by atoms with Gasteiger partial charge in [-0.3, -0.25) is 0 Å². The van der Waals surface area contributed by atoms with Crippen molar-refractivity contribution in [1.29, 1.82) is 0 Å². The lowest BCUT2D eigenvalue weighted by molar-refractivity contribution is 0.340. The highest BCUT2D eigenvalue weighted by Crippen LogP contribution is 2.27. The topological polar surface area (TPSA) is 67.8 Å². The van der Waals surface area contributed by atoms with E-state index in [1.54, 1.807) is 18.3 Å². The van der Waals surface area contributed by atoms with Gasteiger partial charge in [-0.2, -0.15) is 13.5 Å². The average Bonchev–Trinajstić information content (AvgIpc) is 2.74. The van der Waals surface area contributed by atoms with Crippen molar-refractivity contribution in [3.63, 3.8) is 0 Å². The lowest BCUT2D eigenvalue weighted by Crippen LogP contribution is -2.18. The molecule has 4 aromatic carbocycles. The molecule has 0 saturated heterocycles. The molecule has 1 N–H and O–H groups in total. The van der Waals surface area contributed by atoms with Gasteiger partial charge in [-0.25, -0.2) is 4.83 Å².